The first-order chi connectivity index (χ1) is 15.2. The summed E-state index contributed by atoms with van der Waals surface area (Å²) in [6, 6.07) is 15.5. The molecule has 1 saturated heterocycles. The standard InChI is InChI=1S/C24H25BrFN5/c25-20-5-3-4-18(14-20)16-29-9-8-22-19(17-29)15-27-24(28-22)31-12-10-30(11-13-31)23-7-2-1-6-21(23)26/h1-7,14-15H,8-13,16-17H2. The molecule has 3 aromatic rings. The van der Waals surface area contributed by atoms with Gasteiger partial charge in [-0.1, -0.05) is 40.2 Å². The molecule has 0 amide bonds. The third-order valence-corrected chi connectivity index (χ3v) is 6.54. The zero-order chi connectivity index (χ0) is 21.2. The Morgan fingerprint density at radius 3 is 2.55 bits per heavy atom. The lowest BCUT2D eigenvalue weighted by Gasteiger charge is -2.36. The van der Waals surface area contributed by atoms with E-state index >= 15 is 0 Å². The number of hydrogen-bond donors (Lipinski definition) is 0. The van der Waals surface area contributed by atoms with Gasteiger partial charge < -0.3 is 9.80 Å². The smallest absolute Gasteiger partial charge is 0.225 e. The van der Waals surface area contributed by atoms with Crippen LogP contribution in [0.1, 0.15) is 16.8 Å². The molecule has 0 unspecified atom stereocenters. The summed E-state index contributed by atoms with van der Waals surface area (Å²) in [6.45, 7) is 5.92. The number of halogens is 2. The van der Waals surface area contributed by atoms with Crippen molar-refractivity contribution in [2.75, 3.05) is 42.5 Å². The van der Waals surface area contributed by atoms with Gasteiger partial charge in [-0.05, 0) is 29.8 Å². The monoisotopic (exact) mass is 481 g/mol. The van der Waals surface area contributed by atoms with Crippen LogP contribution in [0.15, 0.2) is 59.2 Å². The Labute approximate surface area is 190 Å². The van der Waals surface area contributed by atoms with Gasteiger partial charge in [-0.25, -0.2) is 14.4 Å². The van der Waals surface area contributed by atoms with Gasteiger partial charge in [0, 0.05) is 68.5 Å². The maximum absolute atomic E-state index is 14.1. The summed E-state index contributed by atoms with van der Waals surface area (Å²) in [5.41, 5.74) is 4.36. The van der Waals surface area contributed by atoms with E-state index in [0.29, 0.717) is 5.69 Å². The van der Waals surface area contributed by atoms with Crippen molar-refractivity contribution in [2.24, 2.45) is 0 Å². The molecule has 1 aromatic heterocycles. The number of nitrogens with zero attached hydrogens (tertiary/aromatic N) is 5. The Balaban J connectivity index is 1.22. The minimum Gasteiger partial charge on any atom is -0.366 e. The summed E-state index contributed by atoms with van der Waals surface area (Å²) in [5, 5.41) is 0. The van der Waals surface area contributed by atoms with E-state index in [1.54, 1.807) is 6.07 Å². The Hall–Kier alpha value is -2.51. The first-order valence-electron chi connectivity index (χ1n) is 10.7. The highest BCUT2D eigenvalue weighted by Crippen LogP contribution is 2.24. The second-order valence-electron chi connectivity index (χ2n) is 8.16. The van der Waals surface area contributed by atoms with E-state index in [4.69, 9.17) is 4.98 Å². The Kier molecular flexibility index (Phi) is 5.87. The average molecular weight is 482 g/mol. The highest BCUT2D eigenvalue weighted by atomic mass is 79.9. The molecule has 31 heavy (non-hydrogen) atoms. The lowest BCUT2D eigenvalue weighted by atomic mass is 10.1. The molecule has 0 N–H and O–H groups in total. The quantitative estimate of drug-likeness (QED) is 0.556. The normalized spacial score (nSPS) is 17.0. The zero-order valence-electron chi connectivity index (χ0n) is 17.3. The molecule has 0 bridgehead atoms. The third-order valence-electron chi connectivity index (χ3n) is 6.05. The molecule has 2 aromatic carbocycles. The highest BCUT2D eigenvalue weighted by Gasteiger charge is 2.23. The number of aromatic nitrogens is 2. The van der Waals surface area contributed by atoms with E-state index in [2.05, 4.69) is 59.9 Å². The van der Waals surface area contributed by atoms with Crippen LogP contribution in [0.25, 0.3) is 0 Å². The number of benzene rings is 2. The van der Waals surface area contributed by atoms with E-state index in [1.807, 2.05) is 18.3 Å². The number of rotatable bonds is 4. The van der Waals surface area contributed by atoms with Crippen LogP contribution < -0.4 is 9.80 Å². The summed E-state index contributed by atoms with van der Waals surface area (Å²) >= 11 is 3.55. The van der Waals surface area contributed by atoms with Crippen LogP contribution in [0.3, 0.4) is 0 Å². The zero-order valence-corrected chi connectivity index (χ0v) is 18.9. The molecule has 0 radical (unpaired) electrons. The summed E-state index contributed by atoms with van der Waals surface area (Å²) < 4.78 is 15.2. The second kappa shape index (κ2) is 8.93. The predicted octanol–water partition coefficient (Wildman–Crippen LogP) is 4.26. The van der Waals surface area contributed by atoms with E-state index in [9.17, 15) is 4.39 Å². The number of anilines is 2. The van der Waals surface area contributed by atoms with Crippen molar-refractivity contribution in [1.82, 2.24) is 14.9 Å². The van der Waals surface area contributed by atoms with Gasteiger partial charge in [0.25, 0.3) is 0 Å². The van der Waals surface area contributed by atoms with Crippen molar-refractivity contribution in [3.05, 3.63) is 81.8 Å². The molecule has 0 spiro atoms. The fourth-order valence-corrected chi connectivity index (χ4v) is 4.85. The van der Waals surface area contributed by atoms with Gasteiger partial charge in [0.15, 0.2) is 0 Å². The number of fused-ring (bicyclic) bond motifs is 1. The van der Waals surface area contributed by atoms with E-state index in [1.165, 1.54) is 17.2 Å². The van der Waals surface area contributed by atoms with Crippen molar-refractivity contribution >= 4 is 27.6 Å². The van der Waals surface area contributed by atoms with E-state index in [0.717, 1.165) is 68.3 Å². The molecule has 2 aliphatic rings. The molecule has 5 nitrogen and oxygen atoms in total. The summed E-state index contributed by atoms with van der Waals surface area (Å²) in [4.78, 5) is 16.3. The van der Waals surface area contributed by atoms with Crippen LogP contribution in [0.2, 0.25) is 0 Å². The molecule has 0 saturated carbocycles. The van der Waals surface area contributed by atoms with Crippen molar-refractivity contribution < 1.29 is 4.39 Å². The van der Waals surface area contributed by atoms with Gasteiger partial charge in [-0.15, -0.1) is 0 Å². The molecule has 0 atom stereocenters. The predicted molar refractivity (Wildman–Crippen MR) is 125 cm³/mol. The van der Waals surface area contributed by atoms with Crippen LogP contribution in [0, 0.1) is 5.82 Å². The second-order valence-corrected chi connectivity index (χ2v) is 9.07. The highest BCUT2D eigenvalue weighted by molar-refractivity contribution is 9.10. The maximum Gasteiger partial charge on any atom is 0.225 e. The number of para-hydroxylation sites is 1. The molecular formula is C24H25BrFN5. The van der Waals surface area contributed by atoms with Gasteiger partial charge in [0.1, 0.15) is 5.82 Å². The molecule has 5 rings (SSSR count). The van der Waals surface area contributed by atoms with Crippen LogP contribution in [-0.4, -0.2) is 47.6 Å². The molecule has 3 heterocycles. The minimum absolute atomic E-state index is 0.159. The van der Waals surface area contributed by atoms with Crippen molar-refractivity contribution in [3.63, 3.8) is 0 Å². The van der Waals surface area contributed by atoms with Crippen LogP contribution in [0.5, 0.6) is 0 Å². The van der Waals surface area contributed by atoms with Crippen LogP contribution in [-0.2, 0) is 19.5 Å². The summed E-state index contributed by atoms with van der Waals surface area (Å²) in [5.74, 6) is 0.640. The first-order valence-corrected chi connectivity index (χ1v) is 11.5. The minimum atomic E-state index is -0.159. The molecule has 0 aliphatic carbocycles. The fourth-order valence-electron chi connectivity index (χ4n) is 4.40. The Morgan fingerprint density at radius 1 is 0.935 bits per heavy atom. The molecule has 160 valence electrons. The number of piperazine rings is 1. The SMILES string of the molecule is Fc1ccccc1N1CCN(c2ncc3c(n2)CCN(Cc2cccc(Br)c2)C3)CC1. The lowest BCUT2D eigenvalue weighted by Crippen LogP contribution is -2.47. The molecule has 1 fully saturated rings. The fraction of sp³-hybridized carbons (Fsp3) is 0.333. The summed E-state index contributed by atoms with van der Waals surface area (Å²) in [6.07, 6.45) is 2.93. The van der Waals surface area contributed by atoms with Crippen molar-refractivity contribution in [1.29, 1.82) is 0 Å². The van der Waals surface area contributed by atoms with Gasteiger partial charge in [-0.3, -0.25) is 4.90 Å². The number of hydrogen-bond acceptors (Lipinski definition) is 5. The van der Waals surface area contributed by atoms with Crippen LogP contribution in [0.4, 0.5) is 16.0 Å². The van der Waals surface area contributed by atoms with Crippen LogP contribution >= 0.6 is 15.9 Å². The van der Waals surface area contributed by atoms with E-state index in [-0.39, 0.29) is 5.82 Å². The lowest BCUT2D eigenvalue weighted by molar-refractivity contribution is 0.243. The largest absolute Gasteiger partial charge is 0.366 e. The molecule has 7 heteroatoms. The van der Waals surface area contributed by atoms with E-state index < -0.39 is 0 Å². The Bertz CT molecular complexity index is 1070. The summed E-state index contributed by atoms with van der Waals surface area (Å²) in [7, 11) is 0. The molecule has 2 aliphatic heterocycles. The van der Waals surface area contributed by atoms with Gasteiger partial charge in [-0.2, -0.15) is 0 Å². The molecular weight excluding hydrogens is 457 g/mol. The third kappa shape index (κ3) is 4.57. The van der Waals surface area contributed by atoms with Crippen molar-refractivity contribution in [3.8, 4) is 0 Å². The van der Waals surface area contributed by atoms with Gasteiger partial charge in [0.2, 0.25) is 5.95 Å². The maximum atomic E-state index is 14.1. The topological polar surface area (TPSA) is 35.5 Å². The first kappa shape index (κ1) is 20.4. The van der Waals surface area contributed by atoms with Gasteiger partial charge >= 0.3 is 0 Å². The Morgan fingerprint density at radius 2 is 1.74 bits per heavy atom. The van der Waals surface area contributed by atoms with Crippen molar-refractivity contribution in [2.45, 2.75) is 19.5 Å². The average Bonchev–Trinajstić information content (AvgIpc) is 2.79. The van der Waals surface area contributed by atoms with Gasteiger partial charge in [0.05, 0.1) is 11.4 Å².